The van der Waals surface area contributed by atoms with Gasteiger partial charge >= 0.3 is 0 Å². The van der Waals surface area contributed by atoms with E-state index >= 15 is 0 Å². The molecule has 172 valence electrons. The summed E-state index contributed by atoms with van der Waals surface area (Å²) in [6.07, 6.45) is 1.91. The molecule has 7 rings (SSSR count). The highest BCUT2D eigenvalue weighted by Crippen LogP contribution is 2.56. The highest BCUT2D eigenvalue weighted by molar-refractivity contribution is 5.86. The van der Waals surface area contributed by atoms with E-state index in [0.717, 1.165) is 23.9 Å². The van der Waals surface area contributed by atoms with Crippen LogP contribution in [0.3, 0.4) is 0 Å². The van der Waals surface area contributed by atoms with Gasteiger partial charge < -0.3 is 18.9 Å². The molecule has 1 atom stereocenters. The summed E-state index contributed by atoms with van der Waals surface area (Å²) in [5, 5.41) is 0. The normalized spacial score (nSPS) is 19.4. The monoisotopic (exact) mass is 460 g/mol. The van der Waals surface area contributed by atoms with Crippen LogP contribution in [0.1, 0.15) is 22.3 Å². The first-order valence-corrected chi connectivity index (χ1v) is 12.0. The van der Waals surface area contributed by atoms with Gasteiger partial charge in [-0.1, -0.05) is 72.8 Å². The highest BCUT2D eigenvalue weighted by atomic mass is 16.6. The lowest BCUT2D eigenvalue weighted by Gasteiger charge is -2.34. The molecule has 35 heavy (non-hydrogen) atoms. The Morgan fingerprint density at radius 2 is 1.29 bits per heavy atom. The lowest BCUT2D eigenvalue weighted by atomic mass is 9.68. The molecule has 4 heteroatoms. The van der Waals surface area contributed by atoms with E-state index in [4.69, 9.17) is 18.9 Å². The highest BCUT2D eigenvalue weighted by Gasteiger charge is 2.45. The maximum atomic E-state index is 5.93. The molecule has 0 N–H and O–H groups in total. The van der Waals surface area contributed by atoms with Crippen LogP contribution in [0.5, 0.6) is 11.5 Å². The zero-order valence-electron chi connectivity index (χ0n) is 19.1. The van der Waals surface area contributed by atoms with Gasteiger partial charge in [0.2, 0.25) is 0 Å². The minimum Gasteiger partial charge on any atom is -0.491 e. The Kier molecular flexibility index (Phi) is 4.67. The zero-order chi connectivity index (χ0) is 23.2. The van der Waals surface area contributed by atoms with Crippen molar-refractivity contribution in [3.05, 3.63) is 131 Å². The summed E-state index contributed by atoms with van der Waals surface area (Å²) < 4.78 is 22.1. The Labute approximate surface area is 204 Å². The minimum absolute atomic E-state index is 0.234. The standard InChI is InChI=1S/C31H24O4/c1-3-7-29-27(5-1)28-6-2-4-8-30(28)31(29,21-9-13-23(14-10-21)32-17-25-19-34-25)22-11-15-24(16-12-22)33-18-26-20-35-26/h1-17,26H,18-20H2/b25-17-. The molecule has 2 saturated heterocycles. The van der Waals surface area contributed by atoms with E-state index in [1.165, 1.54) is 33.4 Å². The van der Waals surface area contributed by atoms with Crippen LogP contribution in [-0.2, 0) is 14.9 Å². The zero-order valence-corrected chi connectivity index (χ0v) is 19.1. The predicted molar refractivity (Wildman–Crippen MR) is 134 cm³/mol. The van der Waals surface area contributed by atoms with Crippen LogP contribution in [-0.4, -0.2) is 25.9 Å². The third kappa shape index (κ3) is 3.49. The number of hydrogen-bond acceptors (Lipinski definition) is 4. The average Bonchev–Trinajstić information content (AvgIpc) is 3.85. The molecule has 4 aromatic rings. The molecular weight excluding hydrogens is 436 g/mol. The van der Waals surface area contributed by atoms with Crippen LogP contribution in [0.15, 0.2) is 109 Å². The van der Waals surface area contributed by atoms with E-state index in [1.807, 2.05) is 12.1 Å². The van der Waals surface area contributed by atoms with Crippen LogP contribution in [0.2, 0.25) is 0 Å². The van der Waals surface area contributed by atoms with Crippen LogP contribution >= 0.6 is 0 Å². The summed E-state index contributed by atoms with van der Waals surface area (Å²) in [5.41, 5.74) is 7.05. The molecule has 0 spiro atoms. The van der Waals surface area contributed by atoms with Gasteiger partial charge in [-0.2, -0.15) is 0 Å². The fourth-order valence-electron chi connectivity index (χ4n) is 5.21. The first-order chi connectivity index (χ1) is 17.3. The van der Waals surface area contributed by atoms with Crippen molar-refractivity contribution < 1.29 is 18.9 Å². The van der Waals surface area contributed by atoms with Crippen LogP contribution in [0.25, 0.3) is 11.1 Å². The van der Waals surface area contributed by atoms with Crippen molar-refractivity contribution in [2.75, 3.05) is 19.8 Å². The van der Waals surface area contributed by atoms with Gasteiger partial charge in [0, 0.05) is 0 Å². The summed E-state index contributed by atoms with van der Waals surface area (Å²) >= 11 is 0. The van der Waals surface area contributed by atoms with Crippen LogP contribution < -0.4 is 9.47 Å². The van der Waals surface area contributed by atoms with Gasteiger partial charge in [0.15, 0.2) is 5.76 Å². The van der Waals surface area contributed by atoms with Gasteiger partial charge in [-0.05, 0) is 57.6 Å². The molecule has 0 radical (unpaired) electrons. The third-order valence-electron chi connectivity index (χ3n) is 7.00. The Balaban J connectivity index is 1.37. The number of hydrogen-bond donors (Lipinski definition) is 0. The molecule has 1 unspecified atom stereocenters. The molecule has 0 bridgehead atoms. The van der Waals surface area contributed by atoms with E-state index in [0.29, 0.717) is 13.2 Å². The summed E-state index contributed by atoms with van der Waals surface area (Å²) in [6, 6.07) is 34.4. The van der Waals surface area contributed by atoms with Gasteiger partial charge in [-0.25, -0.2) is 0 Å². The predicted octanol–water partition coefficient (Wildman–Crippen LogP) is 6.08. The van der Waals surface area contributed by atoms with Crippen molar-refractivity contribution in [1.82, 2.24) is 0 Å². The Bertz CT molecular complexity index is 1360. The second kappa shape index (κ2) is 8.03. The fourth-order valence-corrected chi connectivity index (χ4v) is 5.21. The number of epoxide rings is 2. The maximum Gasteiger partial charge on any atom is 0.169 e. The molecule has 0 saturated carbocycles. The molecule has 2 heterocycles. The average molecular weight is 461 g/mol. The summed E-state index contributed by atoms with van der Waals surface area (Å²) in [6.45, 7) is 2.04. The molecule has 4 nitrogen and oxygen atoms in total. The van der Waals surface area contributed by atoms with Crippen molar-refractivity contribution in [2.45, 2.75) is 11.5 Å². The van der Waals surface area contributed by atoms with Crippen molar-refractivity contribution in [1.29, 1.82) is 0 Å². The van der Waals surface area contributed by atoms with Gasteiger partial charge in [0.1, 0.15) is 37.1 Å². The molecule has 3 aliphatic rings. The second-order valence-corrected chi connectivity index (χ2v) is 9.15. The minimum atomic E-state index is -0.443. The molecule has 0 aromatic heterocycles. The van der Waals surface area contributed by atoms with Crippen molar-refractivity contribution >= 4 is 0 Å². The van der Waals surface area contributed by atoms with E-state index in [2.05, 4.69) is 84.9 Å². The van der Waals surface area contributed by atoms with E-state index < -0.39 is 5.41 Å². The Hall–Kier alpha value is -4.02. The molecule has 1 aliphatic carbocycles. The van der Waals surface area contributed by atoms with Crippen molar-refractivity contribution in [3.8, 4) is 22.6 Å². The summed E-state index contributed by atoms with van der Waals surface area (Å²) in [7, 11) is 0. The SMILES string of the molecule is C(/Oc1ccc(C2(c3ccc(OCC4CO4)cc3)c3ccccc3-c3ccccc32)cc1)=C1\CO1. The van der Waals surface area contributed by atoms with Gasteiger partial charge in [0.05, 0.1) is 12.0 Å². The van der Waals surface area contributed by atoms with E-state index in [1.54, 1.807) is 6.26 Å². The van der Waals surface area contributed by atoms with Crippen LogP contribution in [0, 0.1) is 0 Å². The molecule has 4 aromatic carbocycles. The van der Waals surface area contributed by atoms with E-state index in [-0.39, 0.29) is 6.10 Å². The quantitative estimate of drug-likeness (QED) is 0.218. The van der Waals surface area contributed by atoms with E-state index in [9.17, 15) is 0 Å². The van der Waals surface area contributed by atoms with Gasteiger partial charge in [-0.15, -0.1) is 0 Å². The lowest BCUT2D eigenvalue weighted by Crippen LogP contribution is -2.28. The number of benzene rings is 4. The third-order valence-corrected chi connectivity index (χ3v) is 7.00. The number of ether oxygens (including phenoxy) is 4. The fraction of sp³-hybridized carbons (Fsp3) is 0.161. The van der Waals surface area contributed by atoms with Crippen molar-refractivity contribution in [3.63, 3.8) is 0 Å². The Morgan fingerprint density at radius 1 is 0.743 bits per heavy atom. The first kappa shape index (κ1) is 20.4. The largest absolute Gasteiger partial charge is 0.491 e. The lowest BCUT2D eigenvalue weighted by molar-refractivity contribution is 0.263. The first-order valence-electron chi connectivity index (χ1n) is 12.0. The summed E-state index contributed by atoms with van der Waals surface area (Å²) in [5.74, 6) is 2.52. The number of fused-ring (bicyclic) bond motifs is 3. The van der Waals surface area contributed by atoms with Crippen molar-refractivity contribution in [2.24, 2.45) is 0 Å². The molecule has 2 aliphatic heterocycles. The summed E-state index contributed by atoms with van der Waals surface area (Å²) in [4.78, 5) is 0. The molecular formula is C31H24O4. The van der Waals surface area contributed by atoms with Gasteiger partial charge in [0.25, 0.3) is 0 Å². The molecule has 0 amide bonds. The maximum absolute atomic E-state index is 5.93. The smallest absolute Gasteiger partial charge is 0.169 e. The second-order valence-electron chi connectivity index (χ2n) is 9.15. The molecule has 2 fully saturated rings. The van der Waals surface area contributed by atoms with Gasteiger partial charge in [-0.3, -0.25) is 0 Å². The topological polar surface area (TPSA) is 43.5 Å². The number of rotatable bonds is 7. The Morgan fingerprint density at radius 3 is 1.83 bits per heavy atom. The van der Waals surface area contributed by atoms with Crippen LogP contribution in [0.4, 0.5) is 0 Å².